The van der Waals surface area contributed by atoms with Gasteiger partial charge in [0.25, 0.3) is 0 Å². The quantitative estimate of drug-likeness (QED) is 0.679. The summed E-state index contributed by atoms with van der Waals surface area (Å²) in [5.74, 6) is 1.39. The lowest BCUT2D eigenvalue weighted by Crippen LogP contribution is -2.41. The highest BCUT2D eigenvalue weighted by Gasteiger charge is 2.36. The molecule has 1 saturated heterocycles. The van der Waals surface area contributed by atoms with Crippen molar-refractivity contribution in [2.75, 3.05) is 11.4 Å². The Kier molecular flexibility index (Phi) is 8.34. The van der Waals surface area contributed by atoms with E-state index in [-0.39, 0.29) is 43.1 Å². The van der Waals surface area contributed by atoms with Gasteiger partial charge in [-0.25, -0.2) is 4.79 Å². The molecule has 6 nitrogen and oxygen atoms in total. The van der Waals surface area contributed by atoms with E-state index in [0.29, 0.717) is 24.3 Å². The lowest BCUT2D eigenvalue weighted by Gasteiger charge is -2.36. The molecule has 162 valence electrons. The molecule has 1 heterocycles. The molecule has 1 aromatic carbocycles. The summed E-state index contributed by atoms with van der Waals surface area (Å²) in [6.45, 7) is 9.04. The molecule has 4 unspecified atom stereocenters. The van der Waals surface area contributed by atoms with Crippen molar-refractivity contribution in [3.8, 4) is 0 Å². The zero-order chi connectivity index (χ0) is 20.3. The number of nitrogens with zero attached hydrogens (tertiary/aromatic N) is 2. The second-order valence-electron chi connectivity index (χ2n) is 8.55. The standard InChI is InChI=1S/C22H33N3O3.ClH/c1-15(2)19-11-10-16(3)14-20(19)28-21(26)12-13-24-17(4)25(22(27)23-24)18-8-6-5-7-9-18;/h5-9,15-17,19-20H,10-14H2,1-4H3,(H,23,27);1H. The minimum Gasteiger partial charge on any atom is -0.462 e. The highest BCUT2D eigenvalue weighted by atomic mass is 35.5. The second kappa shape index (κ2) is 10.3. The first-order chi connectivity index (χ1) is 13.4. The molecule has 1 aliphatic heterocycles. The van der Waals surface area contributed by atoms with Crippen molar-refractivity contribution in [1.29, 1.82) is 0 Å². The molecule has 7 heteroatoms. The number of esters is 1. The van der Waals surface area contributed by atoms with Gasteiger partial charge in [-0.05, 0) is 49.7 Å². The molecule has 4 atom stereocenters. The topological polar surface area (TPSA) is 61.9 Å². The second-order valence-corrected chi connectivity index (χ2v) is 8.55. The summed E-state index contributed by atoms with van der Waals surface area (Å²) >= 11 is 0. The molecule has 2 amide bonds. The number of rotatable bonds is 6. The van der Waals surface area contributed by atoms with Crippen molar-refractivity contribution in [2.24, 2.45) is 17.8 Å². The fraction of sp³-hybridized carbons (Fsp3) is 0.636. The summed E-state index contributed by atoms with van der Waals surface area (Å²) in [5.41, 5.74) is 3.70. The highest BCUT2D eigenvalue weighted by molar-refractivity contribution is 5.94. The average molecular weight is 424 g/mol. The van der Waals surface area contributed by atoms with Crippen molar-refractivity contribution in [3.63, 3.8) is 0 Å². The van der Waals surface area contributed by atoms with Crippen LogP contribution in [0.2, 0.25) is 0 Å². The van der Waals surface area contributed by atoms with E-state index >= 15 is 0 Å². The zero-order valence-corrected chi connectivity index (χ0v) is 18.7. The van der Waals surface area contributed by atoms with Crippen LogP contribution in [0.4, 0.5) is 10.5 Å². The number of carbonyl (C=O) groups excluding carboxylic acids is 2. The Balaban J connectivity index is 0.00000300. The lowest BCUT2D eigenvalue weighted by atomic mass is 9.75. The number of anilines is 1. The molecule has 2 fully saturated rings. The maximum atomic E-state index is 12.5. The third kappa shape index (κ3) is 5.64. The van der Waals surface area contributed by atoms with E-state index in [1.165, 1.54) is 6.42 Å². The van der Waals surface area contributed by atoms with Gasteiger partial charge in [0.15, 0.2) is 0 Å². The van der Waals surface area contributed by atoms with Gasteiger partial charge < -0.3 is 4.74 Å². The van der Waals surface area contributed by atoms with Crippen LogP contribution in [-0.2, 0) is 9.53 Å². The molecule has 1 saturated carbocycles. The van der Waals surface area contributed by atoms with E-state index in [0.717, 1.165) is 18.5 Å². The van der Waals surface area contributed by atoms with Crippen molar-refractivity contribution >= 4 is 30.1 Å². The third-order valence-corrected chi connectivity index (χ3v) is 6.12. The minimum atomic E-state index is -0.177. The van der Waals surface area contributed by atoms with Crippen LogP contribution in [0.3, 0.4) is 0 Å². The molecule has 1 N–H and O–H groups in total. The molecular weight excluding hydrogens is 390 g/mol. The fourth-order valence-corrected chi connectivity index (χ4v) is 4.43. The Bertz CT molecular complexity index is 685. The Hall–Kier alpha value is -1.79. The maximum absolute atomic E-state index is 12.5. The van der Waals surface area contributed by atoms with Crippen molar-refractivity contribution in [1.82, 2.24) is 10.4 Å². The SMILES string of the molecule is CC1CCC(C(C)C)C(OC(=O)CCN2NC(=O)N(c3ccccc3)C2C)C1.Cl. The van der Waals surface area contributed by atoms with E-state index in [4.69, 9.17) is 4.74 Å². The van der Waals surface area contributed by atoms with Gasteiger partial charge in [0, 0.05) is 12.2 Å². The normalized spacial score (nSPS) is 27.5. The van der Waals surface area contributed by atoms with Crippen LogP contribution < -0.4 is 10.3 Å². The van der Waals surface area contributed by atoms with E-state index in [1.807, 2.05) is 37.3 Å². The van der Waals surface area contributed by atoms with E-state index in [2.05, 4.69) is 26.2 Å². The molecule has 3 rings (SSSR count). The van der Waals surface area contributed by atoms with E-state index < -0.39 is 0 Å². The summed E-state index contributed by atoms with van der Waals surface area (Å²) in [5, 5.41) is 1.81. The maximum Gasteiger partial charge on any atom is 0.337 e. The average Bonchev–Trinajstić information content (AvgIpc) is 2.94. The van der Waals surface area contributed by atoms with Gasteiger partial charge in [-0.3, -0.25) is 15.1 Å². The number of urea groups is 1. The molecule has 1 aromatic rings. The first kappa shape index (κ1) is 23.5. The van der Waals surface area contributed by atoms with Crippen molar-refractivity contribution < 1.29 is 14.3 Å². The van der Waals surface area contributed by atoms with Gasteiger partial charge in [-0.1, -0.05) is 45.4 Å². The fourth-order valence-electron chi connectivity index (χ4n) is 4.43. The van der Waals surface area contributed by atoms with Crippen LogP contribution in [0.25, 0.3) is 0 Å². The van der Waals surface area contributed by atoms with Gasteiger partial charge >= 0.3 is 12.0 Å². The zero-order valence-electron chi connectivity index (χ0n) is 17.8. The molecule has 2 aliphatic rings. The van der Waals surface area contributed by atoms with Crippen LogP contribution in [0.5, 0.6) is 0 Å². The smallest absolute Gasteiger partial charge is 0.337 e. The molecular formula is C22H34ClN3O3. The number of hydrogen-bond acceptors (Lipinski definition) is 4. The van der Waals surface area contributed by atoms with Crippen LogP contribution in [0, 0.1) is 17.8 Å². The third-order valence-electron chi connectivity index (χ3n) is 6.12. The van der Waals surface area contributed by atoms with Gasteiger partial charge in [-0.2, -0.15) is 5.01 Å². The predicted octanol–water partition coefficient (Wildman–Crippen LogP) is 4.60. The summed E-state index contributed by atoms with van der Waals surface area (Å²) in [7, 11) is 0. The monoisotopic (exact) mass is 423 g/mol. The summed E-state index contributed by atoms with van der Waals surface area (Å²) in [6, 6.07) is 9.38. The van der Waals surface area contributed by atoms with E-state index in [9.17, 15) is 9.59 Å². The molecule has 0 spiro atoms. The van der Waals surface area contributed by atoms with Gasteiger partial charge in [0.1, 0.15) is 12.3 Å². The van der Waals surface area contributed by atoms with Gasteiger partial charge in [-0.15, -0.1) is 12.4 Å². The number of halogens is 1. The number of ether oxygens (including phenoxy) is 1. The van der Waals surface area contributed by atoms with Crippen molar-refractivity contribution in [2.45, 2.75) is 65.6 Å². The Morgan fingerprint density at radius 2 is 1.90 bits per heavy atom. The molecule has 0 bridgehead atoms. The van der Waals surface area contributed by atoms with Crippen LogP contribution >= 0.6 is 12.4 Å². The number of hydrogen-bond donors (Lipinski definition) is 1. The van der Waals surface area contributed by atoms with E-state index in [1.54, 1.807) is 9.91 Å². The largest absolute Gasteiger partial charge is 0.462 e. The Morgan fingerprint density at radius 1 is 1.21 bits per heavy atom. The first-order valence-corrected chi connectivity index (χ1v) is 10.5. The van der Waals surface area contributed by atoms with Crippen LogP contribution in [0.15, 0.2) is 30.3 Å². The lowest BCUT2D eigenvalue weighted by molar-refractivity contribution is -0.156. The summed E-state index contributed by atoms with van der Waals surface area (Å²) in [6.07, 6.45) is 3.41. The summed E-state index contributed by atoms with van der Waals surface area (Å²) < 4.78 is 5.88. The van der Waals surface area contributed by atoms with Crippen LogP contribution in [-0.4, -0.2) is 35.8 Å². The molecule has 0 radical (unpaired) electrons. The first-order valence-electron chi connectivity index (χ1n) is 10.5. The van der Waals surface area contributed by atoms with Crippen molar-refractivity contribution in [3.05, 3.63) is 30.3 Å². The Morgan fingerprint density at radius 3 is 2.55 bits per heavy atom. The van der Waals surface area contributed by atoms with Gasteiger partial charge in [0.2, 0.25) is 0 Å². The predicted molar refractivity (Wildman–Crippen MR) is 117 cm³/mol. The molecule has 1 aliphatic carbocycles. The number of nitrogens with one attached hydrogen (secondary N) is 1. The summed E-state index contributed by atoms with van der Waals surface area (Å²) in [4.78, 5) is 26.6. The minimum absolute atomic E-state index is 0. The molecule has 29 heavy (non-hydrogen) atoms. The van der Waals surface area contributed by atoms with Gasteiger partial charge in [0.05, 0.1) is 6.42 Å². The number of carbonyl (C=O) groups is 2. The number of amides is 2. The number of para-hydroxylation sites is 1. The number of benzene rings is 1. The van der Waals surface area contributed by atoms with Crippen LogP contribution in [0.1, 0.15) is 53.4 Å². The molecule has 0 aromatic heterocycles. The number of hydrazine groups is 1. The Labute approximate surface area is 180 Å². The highest BCUT2D eigenvalue weighted by Crippen LogP contribution is 2.35.